The maximum Gasteiger partial charge on any atom is 0.245 e. The zero-order valence-corrected chi connectivity index (χ0v) is 20.9. The van der Waals surface area contributed by atoms with Gasteiger partial charge < -0.3 is 14.9 Å². The second-order valence-corrected chi connectivity index (χ2v) is 10.5. The monoisotopic (exact) mass is 491 g/mol. The van der Waals surface area contributed by atoms with Gasteiger partial charge in [-0.25, -0.2) is 0 Å². The molecule has 2 aliphatic rings. The summed E-state index contributed by atoms with van der Waals surface area (Å²) >= 11 is 0. The van der Waals surface area contributed by atoms with Crippen LogP contribution in [0.15, 0.2) is 97.1 Å². The number of aliphatic hydroxyl groups excluding tert-OH is 1. The summed E-state index contributed by atoms with van der Waals surface area (Å²) in [5.41, 5.74) is 2.87. The molecule has 0 aromatic heterocycles. The third-order valence-corrected chi connectivity index (χ3v) is 7.81. The lowest BCUT2D eigenvalue weighted by Gasteiger charge is -2.33. The summed E-state index contributed by atoms with van der Waals surface area (Å²) in [6.45, 7) is 4.15. The Morgan fingerprint density at radius 3 is 2.05 bits per heavy atom. The fourth-order valence-electron chi connectivity index (χ4n) is 5.89. The topological polar surface area (TPSA) is 70.0 Å². The third-order valence-electron chi connectivity index (χ3n) is 7.81. The van der Waals surface area contributed by atoms with Crippen LogP contribution >= 0.6 is 0 Å². The van der Waals surface area contributed by atoms with Crippen LogP contribution in [-0.4, -0.2) is 29.3 Å². The first-order valence-corrected chi connectivity index (χ1v) is 12.5. The molecular formula is C32H29NO4. The number of aromatic hydroxyl groups is 1. The van der Waals surface area contributed by atoms with Gasteiger partial charge in [0.05, 0.1) is 19.3 Å². The van der Waals surface area contributed by atoms with Crippen LogP contribution < -0.4 is 9.64 Å². The van der Waals surface area contributed by atoms with Gasteiger partial charge in [0, 0.05) is 28.3 Å². The van der Waals surface area contributed by atoms with Crippen LogP contribution in [0.5, 0.6) is 11.5 Å². The van der Waals surface area contributed by atoms with E-state index in [9.17, 15) is 15.0 Å². The molecule has 5 heteroatoms. The van der Waals surface area contributed by atoms with Crippen LogP contribution in [0.1, 0.15) is 47.7 Å². The highest BCUT2D eigenvalue weighted by atomic mass is 16.5. The van der Waals surface area contributed by atoms with Crippen molar-refractivity contribution in [1.29, 1.82) is 0 Å². The van der Waals surface area contributed by atoms with Crippen molar-refractivity contribution >= 4 is 11.6 Å². The smallest absolute Gasteiger partial charge is 0.245 e. The number of fused-ring (bicyclic) bond motifs is 2. The molecule has 0 saturated heterocycles. The molecule has 2 N–H and O–H groups in total. The molecule has 37 heavy (non-hydrogen) atoms. The molecule has 0 bridgehead atoms. The van der Waals surface area contributed by atoms with Gasteiger partial charge in [-0.05, 0) is 28.8 Å². The fourth-order valence-corrected chi connectivity index (χ4v) is 5.89. The Morgan fingerprint density at radius 1 is 0.838 bits per heavy atom. The number of phenolic OH excluding ortho intramolecular Hbond substituents is 1. The largest absolute Gasteiger partial charge is 0.507 e. The van der Waals surface area contributed by atoms with E-state index < -0.39 is 18.1 Å². The van der Waals surface area contributed by atoms with Gasteiger partial charge in [0.1, 0.15) is 16.9 Å². The summed E-state index contributed by atoms with van der Waals surface area (Å²) in [5.74, 6) is 0.272. The second-order valence-electron chi connectivity index (χ2n) is 10.5. The van der Waals surface area contributed by atoms with Gasteiger partial charge in [0.25, 0.3) is 0 Å². The number of carbonyl (C=O) groups is 1. The molecule has 0 fully saturated rings. The van der Waals surface area contributed by atoms with Gasteiger partial charge >= 0.3 is 0 Å². The average Bonchev–Trinajstić information content (AvgIpc) is 3.35. The summed E-state index contributed by atoms with van der Waals surface area (Å²) < 4.78 is 5.83. The van der Waals surface area contributed by atoms with Crippen LogP contribution in [0.25, 0.3) is 0 Å². The lowest BCUT2D eigenvalue weighted by Crippen LogP contribution is -2.45. The first-order chi connectivity index (χ1) is 17.9. The normalized spacial score (nSPS) is 19.6. The number of phenols is 1. The van der Waals surface area contributed by atoms with Crippen LogP contribution in [0, 0.1) is 0 Å². The summed E-state index contributed by atoms with van der Waals surface area (Å²) in [6, 6.07) is 30.4. The van der Waals surface area contributed by atoms with Crippen molar-refractivity contribution in [2.75, 3.05) is 18.1 Å². The number of carbonyl (C=O) groups excluding carboxylic acids is 1. The molecule has 2 aliphatic heterocycles. The predicted molar refractivity (Wildman–Crippen MR) is 143 cm³/mol. The van der Waals surface area contributed by atoms with Crippen molar-refractivity contribution in [3.8, 4) is 11.5 Å². The van der Waals surface area contributed by atoms with E-state index in [0.29, 0.717) is 23.5 Å². The fraction of sp³-hybridized carbons (Fsp3) is 0.219. The van der Waals surface area contributed by atoms with Crippen molar-refractivity contribution in [2.24, 2.45) is 0 Å². The van der Waals surface area contributed by atoms with Gasteiger partial charge in [-0.2, -0.15) is 0 Å². The molecule has 5 nitrogen and oxygen atoms in total. The Bertz CT molecular complexity index is 1440. The van der Waals surface area contributed by atoms with Crippen LogP contribution in [0.3, 0.4) is 0 Å². The van der Waals surface area contributed by atoms with Crippen molar-refractivity contribution in [3.05, 3.63) is 125 Å². The van der Waals surface area contributed by atoms with Crippen LogP contribution in [0.2, 0.25) is 0 Å². The summed E-state index contributed by atoms with van der Waals surface area (Å²) in [4.78, 5) is 16.5. The molecule has 4 aromatic rings. The summed E-state index contributed by atoms with van der Waals surface area (Å²) in [7, 11) is 0. The summed E-state index contributed by atoms with van der Waals surface area (Å²) in [5, 5.41) is 22.3. The standard InChI is InChI=1S/C32H29NO4/c1-31(2)20-37-28-18-27(35)24(17-25(28)31)32(19-34)23-15-9-10-16-26(23)33(30(32)36)29(21-11-5-3-6-12-21)22-13-7-4-8-14-22/h3-18,29,34-35H,19-20H2,1-2H3. The first-order valence-electron chi connectivity index (χ1n) is 12.5. The number of para-hydroxylation sites is 1. The van der Waals surface area contributed by atoms with E-state index in [0.717, 1.165) is 22.4 Å². The number of rotatable bonds is 5. The molecule has 1 amide bonds. The molecular weight excluding hydrogens is 462 g/mol. The Kier molecular flexibility index (Phi) is 5.35. The second kappa shape index (κ2) is 8.49. The number of amides is 1. The van der Waals surface area contributed by atoms with Crippen LogP contribution in [0.4, 0.5) is 5.69 Å². The molecule has 1 unspecified atom stereocenters. The SMILES string of the molecule is CC1(C)COc2cc(O)c(C3(CO)C(=O)N(C(c4ccccc4)c4ccccc4)c4ccccc43)cc21. The molecule has 2 heterocycles. The lowest BCUT2D eigenvalue weighted by atomic mass is 9.73. The van der Waals surface area contributed by atoms with Gasteiger partial charge in [-0.1, -0.05) is 92.7 Å². The number of benzene rings is 4. The van der Waals surface area contributed by atoms with E-state index in [1.54, 1.807) is 11.0 Å². The lowest BCUT2D eigenvalue weighted by molar-refractivity contribution is -0.123. The number of anilines is 1. The number of aliphatic hydroxyl groups is 1. The maximum atomic E-state index is 14.7. The Hall–Kier alpha value is -4.09. The van der Waals surface area contributed by atoms with E-state index in [2.05, 4.69) is 13.8 Å². The highest BCUT2D eigenvalue weighted by Gasteiger charge is 2.55. The van der Waals surface area contributed by atoms with Gasteiger partial charge in [-0.3, -0.25) is 9.69 Å². The average molecular weight is 492 g/mol. The van der Waals surface area contributed by atoms with E-state index in [4.69, 9.17) is 4.74 Å². The molecule has 0 radical (unpaired) electrons. The molecule has 6 rings (SSSR count). The minimum atomic E-state index is -1.46. The highest BCUT2D eigenvalue weighted by molar-refractivity contribution is 6.12. The Morgan fingerprint density at radius 2 is 1.43 bits per heavy atom. The third kappa shape index (κ3) is 3.38. The minimum absolute atomic E-state index is 0.0634. The number of hydrogen-bond donors (Lipinski definition) is 2. The quantitative estimate of drug-likeness (QED) is 0.388. The van der Waals surface area contributed by atoms with Gasteiger partial charge in [0.2, 0.25) is 5.91 Å². The maximum absolute atomic E-state index is 14.7. The molecule has 1 atom stereocenters. The molecule has 0 saturated carbocycles. The van der Waals surface area contributed by atoms with Crippen molar-refractivity contribution in [1.82, 2.24) is 0 Å². The zero-order valence-electron chi connectivity index (χ0n) is 20.9. The van der Waals surface area contributed by atoms with E-state index in [1.165, 1.54) is 0 Å². The molecule has 186 valence electrons. The Labute approximate surface area is 216 Å². The number of hydrogen-bond acceptors (Lipinski definition) is 4. The molecule has 0 spiro atoms. The van der Waals surface area contributed by atoms with Crippen molar-refractivity contribution < 1.29 is 19.7 Å². The van der Waals surface area contributed by atoms with E-state index in [1.807, 2.05) is 91.0 Å². The van der Waals surface area contributed by atoms with Crippen LogP contribution in [-0.2, 0) is 15.6 Å². The summed E-state index contributed by atoms with van der Waals surface area (Å²) in [6.07, 6.45) is 0. The number of ether oxygens (including phenoxy) is 1. The van der Waals surface area contributed by atoms with Gasteiger partial charge in [0.15, 0.2) is 0 Å². The van der Waals surface area contributed by atoms with Crippen molar-refractivity contribution in [3.63, 3.8) is 0 Å². The highest BCUT2D eigenvalue weighted by Crippen LogP contribution is 2.54. The van der Waals surface area contributed by atoms with Crippen molar-refractivity contribution in [2.45, 2.75) is 30.7 Å². The Balaban J connectivity index is 1.61. The van der Waals surface area contributed by atoms with Gasteiger partial charge in [-0.15, -0.1) is 0 Å². The molecule has 4 aromatic carbocycles. The number of nitrogens with zero attached hydrogens (tertiary/aromatic N) is 1. The molecule has 0 aliphatic carbocycles. The van der Waals surface area contributed by atoms with E-state index in [-0.39, 0.29) is 17.1 Å². The predicted octanol–water partition coefficient (Wildman–Crippen LogP) is 5.48. The minimum Gasteiger partial charge on any atom is -0.507 e. The van der Waals surface area contributed by atoms with E-state index >= 15 is 0 Å². The zero-order chi connectivity index (χ0) is 25.8. The first kappa shape index (κ1) is 23.3.